The highest BCUT2D eigenvalue weighted by atomic mass is 31.1. The lowest BCUT2D eigenvalue weighted by molar-refractivity contribution is -0.115. The molecule has 0 aliphatic heterocycles. The molecule has 0 N–H and O–H groups in total. The van der Waals surface area contributed by atoms with Gasteiger partial charge in [-0.25, -0.2) is 0 Å². The fraction of sp³-hybridized carbons (Fsp3) is 0.312. The van der Waals surface area contributed by atoms with E-state index in [0.717, 1.165) is 5.57 Å². The van der Waals surface area contributed by atoms with E-state index in [4.69, 9.17) is 0 Å². The number of carbonyl (C=O) groups excluding carboxylic acids is 1. The Morgan fingerprint density at radius 1 is 1.21 bits per heavy atom. The van der Waals surface area contributed by atoms with Crippen molar-refractivity contribution in [2.75, 3.05) is 0 Å². The second-order valence-electron chi connectivity index (χ2n) is 5.61. The zero-order valence-corrected chi connectivity index (χ0v) is 12.5. The molecule has 0 heterocycles. The van der Waals surface area contributed by atoms with Crippen molar-refractivity contribution in [2.24, 2.45) is 11.3 Å². The number of benzene rings is 1. The minimum atomic E-state index is -2.40. The van der Waals surface area contributed by atoms with Crippen LogP contribution in [-0.2, 0) is 9.36 Å². The summed E-state index contributed by atoms with van der Waals surface area (Å²) in [7, 11) is -2.40. The standard InChI is InChI=1S/C16H19O2P/c1-12-9-10-14(16(2,3)11-12)15(17)19(18)13-7-5-4-6-8-13/h4-11,14,19H,1-3H3. The Labute approximate surface area is 115 Å². The Morgan fingerprint density at radius 3 is 2.42 bits per heavy atom. The van der Waals surface area contributed by atoms with Crippen molar-refractivity contribution in [3.63, 3.8) is 0 Å². The lowest BCUT2D eigenvalue weighted by Gasteiger charge is -2.31. The molecule has 100 valence electrons. The largest absolute Gasteiger partial charge is 0.314 e. The average Bonchev–Trinajstić information content (AvgIpc) is 2.37. The first-order valence-corrected chi connectivity index (χ1v) is 7.84. The van der Waals surface area contributed by atoms with Gasteiger partial charge in [0.1, 0.15) is 0 Å². The van der Waals surface area contributed by atoms with Gasteiger partial charge in [0.05, 0.1) is 5.92 Å². The molecule has 0 saturated heterocycles. The van der Waals surface area contributed by atoms with Gasteiger partial charge < -0.3 is 4.57 Å². The van der Waals surface area contributed by atoms with E-state index in [2.05, 4.69) is 6.08 Å². The summed E-state index contributed by atoms with van der Waals surface area (Å²) in [5, 5.41) is 0.646. The van der Waals surface area contributed by atoms with Crippen molar-refractivity contribution in [1.82, 2.24) is 0 Å². The van der Waals surface area contributed by atoms with Crippen LogP contribution in [-0.4, -0.2) is 5.52 Å². The number of hydrogen-bond acceptors (Lipinski definition) is 2. The smallest absolute Gasteiger partial charge is 0.200 e. The van der Waals surface area contributed by atoms with E-state index < -0.39 is 7.80 Å². The third-order valence-corrected chi connectivity index (χ3v) is 5.11. The molecule has 0 radical (unpaired) electrons. The summed E-state index contributed by atoms with van der Waals surface area (Å²) in [6, 6.07) is 9.02. The van der Waals surface area contributed by atoms with Crippen LogP contribution in [0, 0.1) is 11.3 Å². The zero-order chi connectivity index (χ0) is 14.0. The second-order valence-corrected chi connectivity index (χ2v) is 7.33. The quantitative estimate of drug-likeness (QED) is 0.790. The molecule has 2 rings (SSSR count). The molecule has 2 unspecified atom stereocenters. The third kappa shape index (κ3) is 2.96. The summed E-state index contributed by atoms with van der Waals surface area (Å²) in [5.41, 5.74) is 0.722. The van der Waals surface area contributed by atoms with Gasteiger partial charge in [-0.1, -0.05) is 68.0 Å². The molecule has 1 aliphatic carbocycles. The van der Waals surface area contributed by atoms with Gasteiger partial charge >= 0.3 is 0 Å². The van der Waals surface area contributed by atoms with Gasteiger partial charge in [0, 0.05) is 5.30 Å². The minimum Gasteiger partial charge on any atom is -0.314 e. The van der Waals surface area contributed by atoms with Crippen molar-refractivity contribution >= 4 is 18.6 Å². The van der Waals surface area contributed by atoms with Crippen LogP contribution in [0.4, 0.5) is 0 Å². The predicted molar refractivity (Wildman–Crippen MR) is 80.3 cm³/mol. The average molecular weight is 274 g/mol. The highest BCUT2D eigenvalue weighted by Gasteiger charge is 2.35. The SMILES string of the molecule is CC1=CC(C)(C)C(C(=O)[PH](=O)c2ccccc2)C=C1. The maximum absolute atomic E-state index is 12.5. The number of allylic oxidation sites excluding steroid dienone is 4. The molecular weight excluding hydrogens is 255 g/mol. The molecule has 1 aromatic carbocycles. The second kappa shape index (κ2) is 5.30. The van der Waals surface area contributed by atoms with Gasteiger partial charge in [-0.2, -0.15) is 0 Å². The highest BCUT2D eigenvalue weighted by Crippen LogP contribution is 2.40. The van der Waals surface area contributed by atoms with Gasteiger partial charge in [0.25, 0.3) is 0 Å². The Balaban J connectivity index is 2.27. The first-order chi connectivity index (χ1) is 8.92. The molecule has 0 fully saturated rings. The van der Waals surface area contributed by atoms with Gasteiger partial charge in [0.2, 0.25) is 5.52 Å². The first kappa shape index (κ1) is 14.0. The van der Waals surface area contributed by atoms with Crippen LogP contribution >= 0.6 is 7.80 Å². The zero-order valence-electron chi connectivity index (χ0n) is 11.5. The van der Waals surface area contributed by atoms with Gasteiger partial charge in [0.15, 0.2) is 7.80 Å². The molecule has 2 atom stereocenters. The number of hydrogen-bond donors (Lipinski definition) is 0. The van der Waals surface area contributed by atoms with E-state index in [1.54, 1.807) is 12.1 Å². The highest BCUT2D eigenvalue weighted by molar-refractivity contribution is 7.70. The Bertz CT molecular complexity index is 568. The topological polar surface area (TPSA) is 34.1 Å². The lowest BCUT2D eigenvalue weighted by atomic mass is 9.75. The molecule has 0 spiro atoms. The van der Waals surface area contributed by atoms with E-state index >= 15 is 0 Å². The Morgan fingerprint density at radius 2 is 1.84 bits per heavy atom. The molecule has 0 saturated carbocycles. The molecule has 19 heavy (non-hydrogen) atoms. The molecule has 3 heteroatoms. The van der Waals surface area contributed by atoms with Gasteiger partial charge in [-0.05, 0) is 12.3 Å². The third-order valence-electron chi connectivity index (χ3n) is 3.50. The maximum Gasteiger partial charge on any atom is 0.200 e. The fourth-order valence-corrected chi connectivity index (χ4v) is 4.05. The van der Waals surface area contributed by atoms with Crippen LogP contribution in [0.1, 0.15) is 20.8 Å². The van der Waals surface area contributed by atoms with Gasteiger partial charge in [-0.15, -0.1) is 0 Å². The van der Waals surface area contributed by atoms with Gasteiger partial charge in [-0.3, -0.25) is 4.79 Å². The van der Waals surface area contributed by atoms with E-state index in [9.17, 15) is 9.36 Å². The monoisotopic (exact) mass is 274 g/mol. The molecule has 1 aliphatic rings. The summed E-state index contributed by atoms with van der Waals surface area (Å²) in [6.07, 6.45) is 5.91. The van der Waals surface area contributed by atoms with Crippen LogP contribution in [0.25, 0.3) is 0 Å². The van der Waals surface area contributed by atoms with Crippen LogP contribution in [0.2, 0.25) is 0 Å². The molecule has 0 aromatic heterocycles. The van der Waals surface area contributed by atoms with Crippen LogP contribution < -0.4 is 5.30 Å². The molecule has 2 nitrogen and oxygen atoms in total. The van der Waals surface area contributed by atoms with Crippen molar-refractivity contribution in [1.29, 1.82) is 0 Å². The summed E-state index contributed by atoms with van der Waals surface area (Å²) < 4.78 is 12.4. The van der Waals surface area contributed by atoms with Crippen molar-refractivity contribution in [3.05, 3.63) is 54.1 Å². The van der Waals surface area contributed by atoms with E-state index in [-0.39, 0.29) is 16.9 Å². The minimum absolute atomic E-state index is 0.152. The summed E-state index contributed by atoms with van der Waals surface area (Å²) in [6.45, 7) is 6.05. The molecular formula is C16H19O2P. The molecule has 0 bridgehead atoms. The number of rotatable bonds is 3. The number of carbonyl (C=O) groups is 1. The lowest BCUT2D eigenvalue weighted by Crippen LogP contribution is -2.29. The van der Waals surface area contributed by atoms with Crippen LogP contribution in [0.15, 0.2) is 54.1 Å². The summed E-state index contributed by atoms with van der Waals surface area (Å²) >= 11 is 0. The molecule has 0 amide bonds. The normalized spacial score (nSPS) is 22.7. The van der Waals surface area contributed by atoms with E-state index in [0.29, 0.717) is 5.30 Å². The molecule has 1 aromatic rings. The van der Waals surface area contributed by atoms with E-state index in [1.165, 1.54) is 0 Å². The maximum atomic E-state index is 12.5. The first-order valence-electron chi connectivity index (χ1n) is 6.43. The Hall–Kier alpha value is -1.40. The van der Waals surface area contributed by atoms with Crippen molar-refractivity contribution in [3.8, 4) is 0 Å². The fourth-order valence-electron chi connectivity index (χ4n) is 2.52. The van der Waals surface area contributed by atoms with Crippen LogP contribution in [0.5, 0.6) is 0 Å². The summed E-state index contributed by atoms with van der Waals surface area (Å²) in [4.78, 5) is 12.5. The van der Waals surface area contributed by atoms with E-state index in [1.807, 2.05) is 51.1 Å². The van der Waals surface area contributed by atoms with Crippen molar-refractivity contribution < 1.29 is 9.36 Å². The summed E-state index contributed by atoms with van der Waals surface area (Å²) in [5.74, 6) is -0.303. The Kier molecular flexibility index (Phi) is 3.91. The predicted octanol–water partition coefficient (Wildman–Crippen LogP) is 3.56. The van der Waals surface area contributed by atoms with Crippen LogP contribution in [0.3, 0.4) is 0 Å². The van der Waals surface area contributed by atoms with Crippen molar-refractivity contribution in [2.45, 2.75) is 20.8 Å².